The van der Waals surface area contributed by atoms with Gasteiger partial charge in [0.2, 0.25) is 0 Å². The van der Waals surface area contributed by atoms with Crippen LogP contribution in [0.1, 0.15) is 32.1 Å². The van der Waals surface area contributed by atoms with Crippen LogP contribution in [0.4, 0.5) is 13.2 Å². The Morgan fingerprint density at radius 1 is 1.21 bits per heavy atom. The molecule has 0 N–H and O–H groups in total. The highest BCUT2D eigenvalue weighted by atomic mass is 27.0. The van der Waals surface area contributed by atoms with E-state index in [0.717, 1.165) is 19.3 Å². The van der Waals surface area contributed by atoms with Crippen LogP contribution in [0.3, 0.4) is 0 Å². The number of rotatable bonds is 2. The Bertz CT molecular complexity index is 197. The molecule has 1 aliphatic rings. The van der Waals surface area contributed by atoms with Crippen molar-refractivity contribution in [2.24, 2.45) is 10.9 Å². The lowest BCUT2D eigenvalue weighted by molar-refractivity contribution is -0.160. The monoisotopic (exact) mass is 221 g/mol. The first kappa shape index (κ1) is 12.1. The fourth-order valence-electron chi connectivity index (χ4n) is 2.08. The zero-order valence-electron chi connectivity index (χ0n) is 8.35. The Hall–Kier alpha value is -0.00753. The molecule has 0 bridgehead atoms. The molecule has 1 nitrogen and oxygen atoms in total. The van der Waals surface area contributed by atoms with E-state index in [4.69, 9.17) is 0 Å². The quantitative estimate of drug-likeness (QED) is 0.500. The molecule has 80 valence electrons. The van der Waals surface area contributed by atoms with E-state index < -0.39 is 12.2 Å². The van der Waals surface area contributed by atoms with E-state index in [1.807, 2.05) is 0 Å². The van der Waals surface area contributed by atoms with Gasteiger partial charge in [-0.1, -0.05) is 24.3 Å². The van der Waals surface area contributed by atoms with Crippen molar-refractivity contribution < 1.29 is 13.2 Å². The first-order valence-corrected chi connectivity index (χ1v) is 6.25. The zero-order valence-corrected chi connectivity index (χ0v) is 10.3. The second kappa shape index (κ2) is 5.18. The minimum absolute atomic E-state index is 0.269. The van der Waals surface area contributed by atoms with Crippen LogP contribution < -0.4 is 0 Å². The summed E-state index contributed by atoms with van der Waals surface area (Å²) in [6, 6.07) is -1.43. The van der Waals surface area contributed by atoms with Crippen LogP contribution in [0.15, 0.2) is 4.99 Å². The molecule has 1 atom stereocenters. The largest absolute Gasteiger partial charge is 0.410 e. The highest BCUT2D eigenvalue weighted by molar-refractivity contribution is 6.49. The van der Waals surface area contributed by atoms with Crippen LogP contribution in [0.2, 0.25) is 0 Å². The first-order chi connectivity index (χ1) is 6.55. The predicted molar refractivity (Wildman–Crippen MR) is 53.5 cm³/mol. The molecule has 1 rings (SSSR count). The molecule has 0 aromatic rings. The van der Waals surface area contributed by atoms with Crippen molar-refractivity contribution in [2.75, 3.05) is 0 Å². The summed E-state index contributed by atoms with van der Waals surface area (Å²) in [5.74, 6) is -0.269. The van der Waals surface area contributed by atoms with Crippen molar-refractivity contribution in [3.63, 3.8) is 0 Å². The Morgan fingerprint density at radius 2 is 1.79 bits per heavy atom. The molecular formula is C9H15AlF3N. The van der Waals surface area contributed by atoms with Gasteiger partial charge < -0.3 is 4.99 Å². The van der Waals surface area contributed by atoms with Gasteiger partial charge in [0.1, 0.15) is 6.04 Å². The van der Waals surface area contributed by atoms with Crippen LogP contribution in [0, 0.1) is 5.92 Å². The van der Waals surface area contributed by atoms with Crippen molar-refractivity contribution in [2.45, 2.75) is 44.3 Å². The van der Waals surface area contributed by atoms with Crippen LogP contribution >= 0.6 is 0 Å². The molecule has 0 heterocycles. The maximum absolute atomic E-state index is 12.6. The Balaban J connectivity index is 2.66. The van der Waals surface area contributed by atoms with Crippen molar-refractivity contribution >= 4 is 21.4 Å². The molecule has 0 aliphatic heterocycles. The molecule has 0 saturated heterocycles. The summed E-state index contributed by atoms with van der Waals surface area (Å²) < 4.78 is 37.8. The third-order valence-electron chi connectivity index (χ3n) is 2.74. The average molecular weight is 221 g/mol. The highest BCUT2D eigenvalue weighted by Gasteiger charge is 2.44. The van der Waals surface area contributed by atoms with Gasteiger partial charge in [-0.15, -0.1) is 0 Å². The van der Waals surface area contributed by atoms with Crippen molar-refractivity contribution in [3.05, 3.63) is 0 Å². The standard InChI is InChI=1S/C9H13F3N.Al.2H/c1-13-8(9(10,11)12)7-5-3-2-4-6-7;;;/h1,7-8H,2-6H2;;;/t8-;;;/m1.../s1. The lowest BCUT2D eigenvalue weighted by Crippen LogP contribution is -2.35. The second-order valence-corrected chi connectivity index (χ2v) is 4.31. The van der Waals surface area contributed by atoms with E-state index in [9.17, 15) is 13.2 Å². The number of nitrogens with zero attached hydrogens (tertiary/aromatic N) is 1. The van der Waals surface area contributed by atoms with E-state index in [1.165, 1.54) is 5.08 Å². The fraction of sp³-hybridized carbons (Fsp3) is 0.889. The molecule has 0 aromatic carbocycles. The maximum Gasteiger partial charge on any atom is 0.410 e. The molecule has 0 amide bonds. The Labute approximate surface area is 90.2 Å². The van der Waals surface area contributed by atoms with Gasteiger partial charge in [-0.05, 0) is 18.8 Å². The number of hydrogen-bond acceptors (Lipinski definition) is 1. The van der Waals surface area contributed by atoms with Gasteiger partial charge in [0.15, 0.2) is 0 Å². The number of halogens is 3. The van der Waals surface area contributed by atoms with Crippen LogP contribution in [0.25, 0.3) is 0 Å². The molecule has 5 heteroatoms. The summed E-state index contributed by atoms with van der Waals surface area (Å²) in [5, 5.41) is 1.41. The summed E-state index contributed by atoms with van der Waals surface area (Å²) in [5.41, 5.74) is 0. The van der Waals surface area contributed by atoms with Gasteiger partial charge in [0.25, 0.3) is 16.3 Å². The lowest BCUT2D eigenvalue weighted by atomic mass is 9.84. The van der Waals surface area contributed by atoms with Crippen molar-refractivity contribution in [3.8, 4) is 0 Å². The smallest absolute Gasteiger partial charge is 0.303 e. The minimum atomic E-state index is -4.15. The Kier molecular flexibility index (Phi) is 4.46. The maximum atomic E-state index is 12.6. The first-order valence-electron chi connectivity index (χ1n) is 5.10. The third kappa shape index (κ3) is 3.29. The molecule has 0 radical (unpaired) electrons. The number of hydrogen-bond donors (Lipinski definition) is 0. The van der Waals surface area contributed by atoms with Crippen molar-refractivity contribution in [1.29, 1.82) is 0 Å². The summed E-state index contributed by atoms with van der Waals surface area (Å²) in [6.07, 6.45) is 0.141. The van der Waals surface area contributed by atoms with Crippen LogP contribution in [-0.2, 0) is 0 Å². The molecule has 1 saturated carbocycles. The van der Waals surface area contributed by atoms with E-state index >= 15 is 0 Å². The molecule has 14 heavy (non-hydrogen) atoms. The lowest BCUT2D eigenvalue weighted by Gasteiger charge is -2.29. The summed E-state index contributed by atoms with van der Waals surface area (Å²) in [6.45, 7) is 0. The van der Waals surface area contributed by atoms with E-state index in [-0.39, 0.29) is 5.92 Å². The number of alkyl halides is 3. The minimum Gasteiger partial charge on any atom is -0.303 e. The second-order valence-electron chi connectivity index (χ2n) is 3.79. The molecule has 0 aromatic heterocycles. The van der Waals surface area contributed by atoms with E-state index in [1.54, 1.807) is 0 Å². The topological polar surface area (TPSA) is 12.4 Å². The summed E-state index contributed by atoms with van der Waals surface area (Å²) >= 11 is 0.599. The highest BCUT2D eigenvalue weighted by Crippen LogP contribution is 2.36. The van der Waals surface area contributed by atoms with Gasteiger partial charge >= 0.3 is 6.18 Å². The Morgan fingerprint density at radius 3 is 2.21 bits per heavy atom. The summed E-state index contributed by atoms with van der Waals surface area (Å²) in [7, 11) is 0. The summed E-state index contributed by atoms with van der Waals surface area (Å²) in [4.78, 5) is 3.63. The van der Waals surface area contributed by atoms with Gasteiger partial charge in [-0.25, -0.2) is 0 Å². The zero-order chi connectivity index (χ0) is 10.6. The molecule has 0 spiro atoms. The normalized spacial score (nSPS) is 22.8. The molecule has 1 fully saturated rings. The van der Waals surface area contributed by atoms with Crippen LogP contribution in [0.5, 0.6) is 0 Å². The average Bonchev–Trinajstić information content (AvgIpc) is 2.14. The van der Waals surface area contributed by atoms with Gasteiger partial charge in [-0.3, -0.25) is 0 Å². The van der Waals surface area contributed by atoms with Gasteiger partial charge in [-0.2, -0.15) is 13.2 Å². The SMILES string of the molecule is FC(F)(F)[C@H](N=[CH][AlH2])C1CCCCC1. The number of aliphatic imine (C=N–C) groups is 1. The third-order valence-corrected chi connectivity index (χ3v) is 3.04. The fourth-order valence-corrected chi connectivity index (χ4v) is 2.41. The molecule has 1 aliphatic carbocycles. The van der Waals surface area contributed by atoms with Gasteiger partial charge in [0.05, 0.1) is 0 Å². The van der Waals surface area contributed by atoms with Crippen LogP contribution in [-0.4, -0.2) is 33.6 Å². The van der Waals surface area contributed by atoms with Crippen molar-refractivity contribution in [1.82, 2.24) is 0 Å². The van der Waals surface area contributed by atoms with E-state index in [2.05, 4.69) is 4.99 Å². The predicted octanol–water partition coefficient (Wildman–Crippen LogP) is 2.16. The van der Waals surface area contributed by atoms with E-state index in [0.29, 0.717) is 29.1 Å². The molecular weight excluding hydrogens is 206 g/mol. The van der Waals surface area contributed by atoms with Gasteiger partial charge in [0, 0.05) is 0 Å². The molecule has 0 unspecified atom stereocenters.